The molecule has 0 atom stereocenters. The van der Waals surface area contributed by atoms with Crippen LogP contribution in [0.5, 0.6) is 0 Å². The van der Waals surface area contributed by atoms with Gasteiger partial charge in [-0.05, 0) is 36.4 Å². The van der Waals surface area contributed by atoms with E-state index in [9.17, 15) is 14.0 Å². The third-order valence-corrected chi connectivity index (χ3v) is 4.49. The molecule has 5 nitrogen and oxygen atoms in total. The minimum atomic E-state index is -0.433. The fourth-order valence-electron chi connectivity index (χ4n) is 2.69. The summed E-state index contributed by atoms with van der Waals surface area (Å²) >= 11 is 3.36. The SMILES string of the molecule is O=C(Nc1cccc(Br)c1)N1CCN(C(=O)c2cccc(F)c2)CC1. The van der Waals surface area contributed by atoms with Gasteiger partial charge < -0.3 is 15.1 Å². The summed E-state index contributed by atoms with van der Waals surface area (Å²) in [5, 5.41) is 2.84. The van der Waals surface area contributed by atoms with Crippen molar-refractivity contribution in [1.29, 1.82) is 0 Å². The van der Waals surface area contributed by atoms with Gasteiger partial charge in [-0.15, -0.1) is 0 Å². The van der Waals surface area contributed by atoms with Crippen molar-refractivity contribution in [1.82, 2.24) is 9.80 Å². The summed E-state index contributed by atoms with van der Waals surface area (Å²) in [5.41, 5.74) is 1.03. The van der Waals surface area contributed by atoms with Crippen LogP contribution in [-0.4, -0.2) is 47.9 Å². The van der Waals surface area contributed by atoms with Gasteiger partial charge in [0, 0.05) is 41.9 Å². The van der Waals surface area contributed by atoms with Gasteiger partial charge in [-0.3, -0.25) is 4.79 Å². The van der Waals surface area contributed by atoms with Gasteiger partial charge in [-0.1, -0.05) is 28.1 Å². The van der Waals surface area contributed by atoms with Crippen molar-refractivity contribution in [2.24, 2.45) is 0 Å². The summed E-state index contributed by atoms with van der Waals surface area (Å²) in [5.74, 6) is -0.649. The first kappa shape index (κ1) is 17.4. The first-order valence-electron chi connectivity index (χ1n) is 7.89. The van der Waals surface area contributed by atoms with Crippen molar-refractivity contribution in [2.75, 3.05) is 31.5 Å². The van der Waals surface area contributed by atoms with E-state index in [1.165, 1.54) is 18.2 Å². The number of piperazine rings is 1. The number of hydrogen-bond donors (Lipinski definition) is 1. The van der Waals surface area contributed by atoms with Crippen LogP contribution in [-0.2, 0) is 0 Å². The quantitative estimate of drug-likeness (QED) is 0.829. The lowest BCUT2D eigenvalue weighted by Crippen LogP contribution is -2.51. The highest BCUT2D eigenvalue weighted by molar-refractivity contribution is 9.10. The highest BCUT2D eigenvalue weighted by atomic mass is 79.9. The Morgan fingerprint density at radius 3 is 2.32 bits per heavy atom. The van der Waals surface area contributed by atoms with E-state index in [2.05, 4.69) is 21.2 Å². The molecule has 1 saturated heterocycles. The molecular weight excluding hydrogens is 389 g/mol. The molecule has 3 amide bonds. The van der Waals surface area contributed by atoms with Crippen LogP contribution in [0.4, 0.5) is 14.9 Å². The Balaban J connectivity index is 1.56. The lowest BCUT2D eigenvalue weighted by Gasteiger charge is -2.34. The number of urea groups is 1. The molecule has 1 N–H and O–H groups in total. The van der Waals surface area contributed by atoms with E-state index >= 15 is 0 Å². The van der Waals surface area contributed by atoms with Gasteiger partial charge in [0.15, 0.2) is 0 Å². The molecule has 1 heterocycles. The van der Waals surface area contributed by atoms with Crippen LogP contribution in [0, 0.1) is 5.82 Å². The van der Waals surface area contributed by atoms with Crippen LogP contribution in [0.2, 0.25) is 0 Å². The Hall–Kier alpha value is -2.41. The molecule has 3 rings (SSSR count). The number of hydrogen-bond acceptors (Lipinski definition) is 2. The summed E-state index contributed by atoms with van der Waals surface area (Å²) in [7, 11) is 0. The summed E-state index contributed by atoms with van der Waals surface area (Å²) in [6, 6.07) is 12.8. The third-order valence-electron chi connectivity index (χ3n) is 4.00. The molecular formula is C18H17BrFN3O2. The Kier molecular flexibility index (Phi) is 5.33. The van der Waals surface area contributed by atoms with Gasteiger partial charge in [0.1, 0.15) is 5.82 Å². The third kappa shape index (κ3) is 4.36. The number of benzene rings is 2. The van der Waals surface area contributed by atoms with Gasteiger partial charge in [-0.2, -0.15) is 0 Å². The van der Waals surface area contributed by atoms with Gasteiger partial charge in [-0.25, -0.2) is 9.18 Å². The largest absolute Gasteiger partial charge is 0.335 e. The van der Waals surface area contributed by atoms with Crippen LogP contribution >= 0.6 is 15.9 Å². The fraction of sp³-hybridized carbons (Fsp3) is 0.222. The summed E-state index contributed by atoms with van der Waals surface area (Å²) in [6.45, 7) is 1.70. The molecule has 2 aromatic carbocycles. The number of anilines is 1. The van der Waals surface area contributed by atoms with E-state index in [1.54, 1.807) is 15.9 Å². The first-order chi connectivity index (χ1) is 12.0. The molecule has 0 saturated carbocycles. The smallest absolute Gasteiger partial charge is 0.321 e. The van der Waals surface area contributed by atoms with Crippen molar-refractivity contribution in [2.45, 2.75) is 0 Å². The van der Waals surface area contributed by atoms with E-state index < -0.39 is 5.82 Å². The van der Waals surface area contributed by atoms with Gasteiger partial charge in [0.05, 0.1) is 0 Å². The molecule has 0 aromatic heterocycles. The Labute approximate surface area is 153 Å². The monoisotopic (exact) mass is 405 g/mol. The second-order valence-corrected chi connectivity index (χ2v) is 6.65. The maximum atomic E-state index is 13.3. The molecule has 1 aliphatic rings. The van der Waals surface area contributed by atoms with Crippen LogP contribution in [0.1, 0.15) is 10.4 Å². The molecule has 0 bridgehead atoms. The molecule has 1 aliphatic heterocycles. The van der Waals surface area contributed by atoms with E-state index in [0.29, 0.717) is 37.4 Å². The number of nitrogens with one attached hydrogen (secondary N) is 1. The van der Waals surface area contributed by atoms with E-state index in [4.69, 9.17) is 0 Å². The predicted molar refractivity (Wildman–Crippen MR) is 97.0 cm³/mol. The Bertz CT molecular complexity index is 791. The number of halogens is 2. The lowest BCUT2D eigenvalue weighted by molar-refractivity contribution is 0.0671. The van der Waals surface area contributed by atoms with Crippen molar-refractivity contribution in [3.8, 4) is 0 Å². The topological polar surface area (TPSA) is 52.7 Å². The van der Waals surface area contributed by atoms with Crippen molar-refractivity contribution < 1.29 is 14.0 Å². The average molecular weight is 406 g/mol. The molecule has 0 radical (unpaired) electrons. The average Bonchev–Trinajstić information content (AvgIpc) is 2.61. The zero-order valence-electron chi connectivity index (χ0n) is 13.4. The zero-order chi connectivity index (χ0) is 17.8. The van der Waals surface area contributed by atoms with Crippen molar-refractivity contribution in [3.63, 3.8) is 0 Å². The lowest BCUT2D eigenvalue weighted by atomic mass is 10.2. The Morgan fingerprint density at radius 1 is 0.960 bits per heavy atom. The molecule has 0 spiro atoms. The number of amides is 3. The number of carbonyl (C=O) groups excluding carboxylic acids is 2. The fourth-order valence-corrected chi connectivity index (χ4v) is 3.08. The highest BCUT2D eigenvalue weighted by Crippen LogP contribution is 2.17. The molecule has 0 unspecified atom stereocenters. The summed E-state index contributed by atoms with van der Waals surface area (Å²) in [4.78, 5) is 28.0. The van der Waals surface area contributed by atoms with Gasteiger partial charge in [0.2, 0.25) is 0 Å². The second-order valence-electron chi connectivity index (χ2n) is 5.73. The second kappa shape index (κ2) is 7.65. The van der Waals surface area contributed by atoms with E-state index in [1.807, 2.05) is 24.3 Å². The number of nitrogens with zero attached hydrogens (tertiary/aromatic N) is 2. The maximum Gasteiger partial charge on any atom is 0.321 e. The molecule has 130 valence electrons. The molecule has 1 fully saturated rings. The van der Waals surface area contributed by atoms with Crippen molar-refractivity contribution >= 4 is 33.6 Å². The number of carbonyl (C=O) groups is 2. The summed E-state index contributed by atoms with van der Waals surface area (Å²) < 4.78 is 14.1. The van der Waals surface area contributed by atoms with Crippen LogP contribution in [0.3, 0.4) is 0 Å². The summed E-state index contributed by atoms with van der Waals surface area (Å²) in [6.07, 6.45) is 0. The Morgan fingerprint density at radius 2 is 1.64 bits per heavy atom. The van der Waals surface area contributed by atoms with Crippen molar-refractivity contribution in [3.05, 3.63) is 64.4 Å². The number of rotatable bonds is 2. The predicted octanol–water partition coefficient (Wildman–Crippen LogP) is 3.58. The first-order valence-corrected chi connectivity index (χ1v) is 8.68. The highest BCUT2D eigenvalue weighted by Gasteiger charge is 2.25. The minimum absolute atomic E-state index is 0.198. The molecule has 2 aromatic rings. The maximum absolute atomic E-state index is 13.3. The zero-order valence-corrected chi connectivity index (χ0v) is 15.0. The van der Waals surface area contributed by atoms with Crippen LogP contribution in [0.15, 0.2) is 53.0 Å². The molecule has 25 heavy (non-hydrogen) atoms. The minimum Gasteiger partial charge on any atom is -0.335 e. The molecule has 0 aliphatic carbocycles. The molecule has 7 heteroatoms. The van der Waals surface area contributed by atoms with Gasteiger partial charge >= 0.3 is 6.03 Å². The standard InChI is InChI=1S/C18H17BrFN3O2/c19-14-4-2-6-16(12-14)21-18(25)23-9-7-22(8-10-23)17(24)13-3-1-5-15(20)11-13/h1-6,11-12H,7-10H2,(H,21,25). The van der Waals surface area contributed by atoms with E-state index in [0.717, 1.165) is 4.47 Å². The van der Waals surface area contributed by atoms with Crippen LogP contribution in [0.25, 0.3) is 0 Å². The van der Waals surface area contributed by atoms with Gasteiger partial charge in [0.25, 0.3) is 5.91 Å². The normalized spacial score (nSPS) is 14.3. The van der Waals surface area contributed by atoms with Crippen LogP contribution < -0.4 is 5.32 Å². The van der Waals surface area contributed by atoms with E-state index in [-0.39, 0.29) is 11.9 Å².